The van der Waals surface area contributed by atoms with Crippen LogP contribution >= 0.6 is 11.3 Å². The lowest BCUT2D eigenvalue weighted by Gasteiger charge is -2.10. The number of benzene rings is 2. The maximum absolute atomic E-state index is 13.2. The quantitative estimate of drug-likeness (QED) is 0.175. The second kappa shape index (κ2) is 13.9. The third-order valence-corrected chi connectivity index (χ3v) is 6.99. The first-order chi connectivity index (χ1) is 19.2. The number of carboxylic acids is 1. The molecule has 10 heteroatoms. The number of hydrogen-bond donors (Lipinski definition) is 1. The first kappa shape index (κ1) is 29.8. The minimum Gasteiger partial charge on any atom is -0.488 e. The number of nitriles is 1. The van der Waals surface area contributed by atoms with Crippen molar-refractivity contribution in [1.82, 2.24) is 0 Å². The van der Waals surface area contributed by atoms with Gasteiger partial charge in [-0.2, -0.15) is 5.26 Å². The standard InChI is InChI=1S/C30H27NO8S/c1-4-37-29(35)26-18(3)27(30(36)38-5-2)40-25(26)15-23(32)22(16-31)14-21-8-6-7-9-24(21)39-17-19-10-12-20(13-11-19)28(33)34/h6-14H,4-5,15,17H2,1-3H3,(H,33,34). The van der Waals surface area contributed by atoms with Crippen molar-refractivity contribution in [1.29, 1.82) is 5.26 Å². The van der Waals surface area contributed by atoms with Gasteiger partial charge < -0.3 is 19.3 Å². The Kier molecular flexibility index (Phi) is 10.3. The Morgan fingerprint density at radius 1 is 0.975 bits per heavy atom. The van der Waals surface area contributed by atoms with E-state index >= 15 is 0 Å². The van der Waals surface area contributed by atoms with Crippen molar-refractivity contribution < 1.29 is 38.5 Å². The lowest BCUT2D eigenvalue weighted by molar-refractivity contribution is -0.114. The topological polar surface area (TPSA) is 140 Å². The molecule has 206 valence electrons. The molecule has 3 rings (SSSR count). The van der Waals surface area contributed by atoms with E-state index < -0.39 is 23.7 Å². The van der Waals surface area contributed by atoms with Gasteiger partial charge in [-0.25, -0.2) is 14.4 Å². The summed E-state index contributed by atoms with van der Waals surface area (Å²) < 4.78 is 16.1. The summed E-state index contributed by atoms with van der Waals surface area (Å²) >= 11 is 0.968. The van der Waals surface area contributed by atoms with Crippen molar-refractivity contribution in [3.05, 3.63) is 91.7 Å². The Labute approximate surface area is 235 Å². The predicted molar refractivity (Wildman–Crippen MR) is 147 cm³/mol. The Morgan fingerprint density at radius 3 is 2.25 bits per heavy atom. The summed E-state index contributed by atoms with van der Waals surface area (Å²) in [6.07, 6.45) is 1.11. The highest BCUT2D eigenvalue weighted by Gasteiger charge is 2.28. The molecule has 0 aliphatic heterocycles. The summed E-state index contributed by atoms with van der Waals surface area (Å²) in [7, 11) is 0. The number of thiophene rings is 1. The summed E-state index contributed by atoms with van der Waals surface area (Å²) in [5.74, 6) is -2.43. The highest BCUT2D eigenvalue weighted by atomic mass is 32.1. The summed E-state index contributed by atoms with van der Waals surface area (Å²) in [6, 6.07) is 15.0. The first-order valence-electron chi connectivity index (χ1n) is 12.4. The molecule has 0 aliphatic carbocycles. The summed E-state index contributed by atoms with van der Waals surface area (Å²) in [6.45, 7) is 5.30. The number of rotatable bonds is 12. The molecule has 1 heterocycles. The molecule has 9 nitrogen and oxygen atoms in total. The van der Waals surface area contributed by atoms with E-state index in [1.54, 1.807) is 57.2 Å². The predicted octanol–water partition coefficient (Wildman–Crippen LogP) is 5.41. The normalized spacial score (nSPS) is 10.9. The van der Waals surface area contributed by atoms with Crippen LogP contribution in [0, 0.1) is 18.3 Å². The number of Topliss-reactive ketones (excluding diaryl/α,β-unsaturated/α-hetero) is 1. The third-order valence-electron chi connectivity index (χ3n) is 5.72. The number of ether oxygens (including phenoxy) is 3. The van der Waals surface area contributed by atoms with E-state index in [1.165, 1.54) is 18.2 Å². The summed E-state index contributed by atoms with van der Waals surface area (Å²) in [4.78, 5) is 49.9. The molecule has 0 bridgehead atoms. The van der Waals surface area contributed by atoms with E-state index in [4.69, 9.17) is 19.3 Å². The Hall–Kier alpha value is -4.75. The molecule has 0 radical (unpaired) electrons. The monoisotopic (exact) mass is 561 g/mol. The fourth-order valence-corrected chi connectivity index (χ4v) is 4.95. The number of para-hydroxylation sites is 1. The lowest BCUT2D eigenvalue weighted by atomic mass is 10.0. The van der Waals surface area contributed by atoms with Crippen molar-refractivity contribution in [3.63, 3.8) is 0 Å². The van der Waals surface area contributed by atoms with Crippen molar-refractivity contribution in [2.24, 2.45) is 0 Å². The van der Waals surface area contributed by atoms with Gasteiger partial charge in [0.1, 0.15) is 23.3 Å². The zero-order chi connectivity index (χ0) is 29.2. The minimum absolute atomic E-state index is 0.111. The third kappa shape index (κ3) is 7.21. The molecule has 3 aromatic rings. The largest absolute Gasteiger partial charge is 0.488 e. The van der Waals surface area contributed by atoms with Gasteiger partial charge in [-0.3, -0.25) is 4.79 Å². The number of nitrogens with zero attached hydrogens (tertiary/aromatic N) is 1. The highest BCUT2D eigenvalue weighted by molar-refractivity contribution is 7.14. The number of hydrogen-bond acceptors (Lipinski definition) is 9. The molecule has 40 heavy (non-hydrogen) atoms. The maximum atomic E-state index is 13.2. The van der Waals surface area contributed by atoms with Crippen LogP contribution in [-0.4, -0.2) is 42.0 Å². The number of aromatic carboxylic acids is 1. The van der Waals surface area contributed by atoms with Crippen LogP contribution in [0.3, 0.4) is 0 Å². The van der Waals surface area contributed by atoms with Gasteiger partial charge >= 0.3 is 17.9 Å². The summed E-state index contributed by atoms with van der Waals surface area (Å²) in [5, 5.41) is 18.9. The Balaban J connectivity index is 1.87. The van der Waals surface area contributed by atoms with Crippen LogP contribution in [0.2, 0.25) is 0 Å². The molecule has 1 N–H and O–H groups in total. The van der Waals surface area contributed by atoms with Gasteiger partial charge in [0.25, 0.3) is 0 Å². The SMILES string of the molecule is CCOC(=O)c1sc(CC(=O)C(C#N)=Cc2ccccc2OCc2ccc(C(=O)O)cc2)c(C(=O)OCC)c1C. The Morgan fingerprint density at radius 2 is 1.62 bits per heavy atom. The van der Waals surface area contributed by atoms with Crippen molar-refractivity contribution >= 4 is 41.1 Å². The second-order valence-electron chi connectivity index (χ2n) is 8.39. The zero-order valence-electron chi connectivity index (χ0n) is 22.2. The highest BCUT2D eigenvalue weighted by Crippen LogP contribution is 2.31. The molecule has 0 fully saturated rings. The van der Waals surface area contributed by atoms with Gasteiger partial charge in [-0.05, 0) is 56.2 Å². The van der Waals surface area contributed by atoms with Crippen LogP contribution in [0.4, 0.5) is 0 Å². The number of ketones is 1. The van der Waals surface area contributed by atoms with Gasteiger partial charge in [0, 0.05) is 16.9 Å². The molecule has 0 spiro atoms. The molecule has 0 unspecified atom stereocenters. The van der Waals surface area contributed by atoms with Gasteiger partial charge in [0.15, 0.2) is 5.78 Å². The zero-order valence-corrected chi connectivity index (χ0v) is 23.0. The van der Waals surface area contributed by atoms with Crippen LogP contribution in [0.25, 0.3) is 6.08 Å². The number of allylic oxidation sites excluding steroid dienone is 1. The van der Waals surface area contributed by atoms with Crippen LogP contribution in [0.15, 0.2) is 54.1 Å². The number of carbonyl (C=O) groups excluding carboxylic acids is 3. The first-order valence-corrected chi connectivity index (χ1v) is 13.2. The number of carboxylic acid groups (broad SMARTS) is 1. The fourth-order valence-electron chi connectivity index (χ4n) is 3.77. The van der Waals surface area contributed by atoms with Crippen molar-refractivity contribution in [3.8, 4) is 11.8 Å². The van der Waals surface area contributed by atoms with Gasteiger partial charge in [0.05, 0.1) is 29.9 Å². The van der Waals surface area contributed by atoms with Gasteiger partial charge in [-0.1, -0.05) is 30.3 Å². The van der Waals surface area contributed by atoms with Crippen LogP contribution in [0.5, 0.6) is 5.75 Å². The van der Waals surface area contributed by atoms with Crippen LogP contribution in [-0.2, 0) is 27.3 Å². The lowest BCUT2D eigenvalue weighted by Crippen LogP contribution is -2.12. The molecule has 0 amide bonds. The fraction of sp³-hybridized carbons (Fsp3) is 0.233. The van der Waals surface area contributed by atoms with E-state index in [-0.39, 0.29) is 47.8 Å². The molecule has 0 saturated carbocycles. The second-order valence-corrected chi connectivity index (χ2v) is 9.50. The number of carbonyl (C=O) groups is 4. The van der Waals surface area contributed by atoms with Crippen molar-refractivity contribution in [2.45, 2.75) is 33.8 Å². The molecular weight excluding hydrogens is 534 g/mol. The van der Waals surface area contributed by atoms with E-state index in [9.17, 15) is 24.4 Å². The smallest absolute Gasteiger partial charge is 0.348 e. The summed E-state index contributed by atoms with van der Waals surface area (Å²) in [5.41, 5.74) is 1.69. The van der Waals surface area contributed by atoms with E-state index in [0.29, 0.717) is 21.8 Å². The Bertz CT molecular complexity index is 1490. The molecule has 2 aromatic carbocycles. The maximum Gasteiger partial charge on any atom is 0.348 e. The average Bonchev–Trinajstić information content (AvgIpc) is 3.26. The number of esters is 2. The van der Waals surface area contributed by atoms with Crippen LogP contribution in [0.1, 0.15) is 65.8 Å². The van der Waals surface area contributed by atoms with E-state index in [0.717, 1.165) is 16.9 Å². The van der Waals surface area contributed by atoms with E-state index in [1.807, 2.05) is 6.07 Å². The minimum atomic E-state index is -1.03. The molecule has 0 atom stereocenters. The van der Waals surface area contributed by atoms with Gasteiger partial charge in [-0.15, -0.1) is 11.3 Å². The van der Waals surface area contributed by atoms with Crippen LogP contribution < -0.4 is 4.74 Å². The molecule has 1 aromatic heterocycles. The average molecular weight is 562 g/mol. The molecule has 0 saturated heterocycles. The molecular formula is C30H27NO8S. The van der Waals surface area contributed by atoms with Crippen molar-refractivity contribution in [2.75, 3.05) is 13.2 Å². The van der Waals surface area contributed by atoms with Gasteiger partial charge in [0.2, 0.25) is 0 Å². The van der Waals surface area contributed by atoms with E-state index in [2.05, 4.69) is 0 Å². The molecule has 0 aliphatic rings.